The van der Waals surface area contributed by atoms with E-state index in [1.54, 1.807) is 0 Å². The molecule has 0 amide bonds. The van der Waals surface area contributed by atoms with Gasteiger partial charge in [0.25, 0.3) is 0 Å². The van der Waals surface area contributed by atoms with E-state index in [0.717, 1.165) is 12.8 Å². The molecule has 1 heterocycles. The van der Waals surface area contributed by atoms with E-state index in [0.29, 0.717) is 12.6 Å². The number of likely N-dealkylation sites (tertiary alicyclic amines) is 1. The van der Waals surface area contributed by atoms with Crippen molar-refractivity contribution in [3.8, 4) is 0 Å². The van der Waals surface area contributed by atoms with Gasteiger partial charge >= 0.3 is 0 Å². The summed E-state index contributed by atoms with van der Waals surface area (Å²) in [6.07, 6.45) is 2.29. The van der Waals surface area contributed by atoms with Crippen LogP contribution in [0.3, 0.4) is 0 Å². The number of aliphatic hydroxyl groups excluding tert-OH is 1. The van der Waals surface area contributed by atoms with Gasteiger partial charge in [0.1, 0.15) is 0 Å². The van der Waals surface area contributed by atoms with E-state index in [2.05, 4.69) is 45.0 Å². The molecule has 1 aliphatic rings. The van der Waals surface area contributed by atoms with Crippen molar-refractivity contribution in [1.82, 2.24) is 10.2 Å². The molecule has 0 aromatic carbocycles. The molecule has 90 valence electrons. The van der Waals surface area contributed by atoms with Gasteiger partial charge in [-0.15, -0.1) is 0 Å². The molecule has 0 atom stereocenters. The molecule has 15 heavy (non-hydrogen) atoms. The van der Waals surface area contributed by atoms with Crippen molar-refractivity contribution in [2.24, 2.45) is 0 Å². The average Bonchev–Trinajstić information content (AvgIpc) is 2.10. The van der Waals surface area contributed by atoms with Crippen LogP contribution in [0.5, 0.6) is 0 Å². The van der Waals surface area contributed by atoms with Crippen molar-refractivity contribution in [3.63, 3.8) is 0 Å². The number of rotatable bonds is 3. The second kappa shape index (κ2) is 4.40. The molecule has 0 spiro atoms. The third-order valence-electron chi connectivity index (χ3n) is 3.85. The van der Waals surface area contributed by atoms with Crippen LogP contribution in [0.1, 0.15) is 40.5 Å². The second-order valence-electron chi connectivity index (χ2n) is 5.97. The summed E-state index contributed by atoms with van der Waals surface area (Å²) in [6.45, 7) is 10.1. The van der Waals surface area contributed by atoms with Crippen LogP contribution in [0.25, 0.3) is 0 Å². The first kappa shape index (κ1) is 12.9. The Kier molecular flexibility index (Phi) is 3.80. The Bertz CT molecular complexity index is 196. The summed E-state index contributed by atoms with van der Waals surface area (Å²) in [5.74, 6) is 0. The second-order valence-corrected chi connectivity index (χ2v) is 5.97. The van der Waals surface area contributed by atoms with Gasteiger partial charge < -0.3 is 10.4 Å². The summed E-state index contributed by atoms with van der Waals surface area (Å²) in [5, 5.41) is 12.3. The smallest absolute Gasteiger partial charge is 0.0556 e. The van der Waals surface area contributed by atoms with E-state index in [-0.39, 0.29) is 17.7 Å². The highest BCUT2D eigenvalue weighted by Gasteiger charge is 2.42. The molecular formula is C12H26N2O. The van der Waals surface area contributed by atoms with Gasteiger partial charge in [0, 0.05) is 23.7 Å². The molecule has 1 fully saturated rings. The first-order chi connectivity index (χ1) is 6.79. The third-order valence-corrected chi connectivity index (χ3v) is 3.85. The van der Waals surface area contributed by atoms with Gasteiger partial charge in [0.2, 0.25) is 0 Å². The molecule has 1 aliphatic heterocycles. The maximum atomic E-state index is 8.84. The van der Waals surface area contributed by atoms with Gasteiger partial charge in [0.05, 0.1) is 6.61 Å². The fourth-order valence-electron chi connectivity index (χ4n) is 2.78. The quantitative estimate of drug-likeness (QED) is 0.741. The minimum atomic E-state index is 0.229. The molecule has 3 heteroatoms. The first-order valence-electron chi connectivity index (χ1n) is 5.88. The fourth-order valence-corrected chi connectivity index (χ4v) is 2.78. The van der Waals surface area contributed by atoms with Crippen LogP contribution in [0.15, 0.2) is 0 Å². The highest BCUT2D eigenvalue weighted by atomic mass is 16.3. The van der Waals surface area contributed by atoms with Crippen molar-refractivity contribution in [3.05, 3.63) is 0 Å². The third kappa shape index (κ3) is 2.92. The van der Waals surface area contributed by atoms with Gasteiger partial charge in [-0.25, -0.2) is 0 Å². The summed E-state index contributed by atoms with van der Waals surface area (Å²) >= 11 is 0. The average molecular weight is 214 g/mol. The molecule has 2 N–H and O–H groups in total. The normalized spacial score (nSPS) is 26.8. The standard InChI is InChI=1S/C12H26N2O/c1-11(2)8-10(13-6-7-15)9-12(3,4)14(11)5/h10,13,15H,6-9H2,1-5H3. The molecule has 0 aliphatic carbocycles. The van der Waals surface area contributed by atoms with Crippen LogP contribution in [-0.4, -0.2) is 47.3 Å². The van der Waals surface area contributed by atoms with E-state index in [4.69, 9.17) is 5.11 Å². The van der Waals surface area contributed by atoms with Crippen LogP contribution >= 0.6 is 0 Å². The summed E-state index contributed by atoms with van der Waals surface area (Å²) in [5.41, 5.74) is 0.462. The van der Waals surface area contributed by atoms with E-state index in [1.165, 1.54) is 0 Å². The Labute approximate surface area is 93.9 Å². The lowest BCUT2D eigenvalue weighted by Gasteiger charge is -2.53. The Hall–Kier alpha value is -0.120. The molecule has 0 saturated carbocycles. The minimum Gasteiger partial charge on any atom is -0.395 e. The predicted molar refractivity (Wildman–Crippen MR) is 64.0 cm³/mol. The predicted octanol–water partition coefficient (Wildman–Crippen LogP) is 1.22. The van der Waals surface area contributed by atoms with Crippen LogP contribution in [0.2, 0.25) is 0 Å². The Morgan fingerprint density at radius 3 is 2.07 bits per heavy atom. The number of nitrogens with one attached hydrogen (secondary N) is 1. The van der Waals surface area contributed by atoms with E-state index in [1.807, 2.05) is 0 Å². The maximum Gasteiger partial charge on any atom is 0.0556 e. The summed E-state index contributed by atoms with van der Waals surface area (Å²) in [7, 11) is 2.21. The Balaban J connectivity index is 2.66. The molecule has 1 saturated heterocycles. The lowest BCUT2D eigenvalue weighted by atomic mass is 9.77. The van der Waals surface area contributed by atoms with Crippen molar-refractivity contribution >= 4 is 0 Å². The topological polar surface area (TPSA) is 35.5 Å². The molecule has 0 radical (unpaired) electrons. The molecule has 0 unspecified atom stereocenters. The van der Waals surface area contributed by atoms with Crippen molar-refractivity contribution in [2.45, 2.75) is 57.7 Å². The molecule has 3 nitrogen and oxygen atoms in total. The zero-order chi connectivity index (χ0) is 11.7. The first-order valence-corrected chi connectivity index (χ1v) is 5.88. The van der Waals surface area contributed by atoms with E-state index < -0.39 is 0 Å². The maximum absolute atomic E-state index is 8.84. The van der Waals surface area contributed by atoms with Crippen LogP contribution in [-0.2, 0) is 0 Å². The summed E-state index contributed by atoms with van der Waals surface area (Å²) in [4.78, 5) is 2.47. The largest absolute Gasteiger partial charge is 0.395 e. The van der Waals surface area contributed by atoms with Crippen molar-refractivity contribution in [2.75, 3.05) is 20.2 Å². The summed E-state index contributed by atoms with van der Waals surface area (Å²) in [6, 6.07) is 0.526. The zero-order valence-electron chi connectivity index (χ0n) is 10.8. The van der Waals surface area contributed by atoms with Gasteiger partial charge in [-0.2, -0.15) is 0 Å². The minimum absolute atomic E-state index is 0.229. The lowest BCUT2D eigenvalue weighted by Crippen LogP contribution is -2.62. The SMILES string of the molecule is CN1C(C)(C)CC(NCCO)CC1(C)C. The lowest BCUT2D eigenvalue weighted by molar-refractivity contribution is -0.0185. The van der Waals surface area contributed by atoms with Gasteiger partial charge in [-0.05, 0) is 47.6 Å². The number of hydrogen-bond donors (Lipinski definition) is 2. The molecule has 0 aromatic rings. The van der Waals surface area contributed by atoms with Crippen LogP contribution in [0, 0.1) is 0 Å². The molecule has 1 rings (SSSR count). The fraction of sp³-hybridized carbons (Fsp3) is 1.00. The van der Waals surface area contributed by atoms with Crippen molar-refractivity contribution in [1.29, 1.82) is 0 Å². The van der Waals surface area contributed by atoms with Gasteiger partial charge in [-0.3, -0.25) is 4.90 Å². The summed E-state index contributed by atoms with van der Waals surface area (Å²) < 4.78 is 0. The van der Waals surface area contributed by atoms with E-state index >= 15 is 0 Å². The molecule has 0 aromatic heterocycles. The van der Waals surface area contributed by atoms with Crippen LogP contribution in [0.4, 0.5) is 0 Å². The van der Waals surface area contributed by atoms with Crippen molar-refractivity contribution < 1.29 is 5.11 Å². The molecule has 0 bridgehead atoms. The highest BCUT2D eigenvalue weighted by Crippen LogP contribution is 2.36. The number of nitrogens with zero attached hydrogens (tertiary/aromatic N) is 1. The number of hydrogen-bond acceptors (Lipinski definition) is 3. The highest BCUT2D eigenvalue weighted by molar-refractivity contribution is 5.00. The number of piperidine rings is 1. The van der Waals surface area contributed by atoms with Gasteiger partial charge in [0.15, 0.2) is 0 Å². The zero-order valence-corrected chi connectivity index (χ0v) is 10.8. The van der Waals surface area contributed by atoms with Crippen LogP contribution < -0.4 is 5.32 Å². The van der Waals surface area contributed by atoms with E-state index in [9.17, 15) is 0 Å². The Morgan fingerprint density at radius 1 is 1.20 bits per heavy atom. The number of aliphatic hydroxyl groups is 1. The monoisotopic (exact) mass is 214 g/mol. The van der Waals surface area contributed by atoms with Gasteiger partial charge in [-0.1, -0.05) is 0 Å². The Morgan fingerprint density at radius 2 is 1.67 bits per heavy atom. The molecular weight excluding hydrogens is 188 g/mol.